The summed E-state index contributed by atoms with van der Waals surface area (Å²) >= 11 is 0. The number of ketones is 1. The zero-order chi connectivity index (χ0) is 18.4. The number of carbonyl (C=O) groups is 2. The van der Waals surface area contributed by atoms with Crippen LogP contribution in [0.4, 0.5) is 5.69 Å². The van der Waals surface area contributed by atoms with Gasteiger partial charge in [0, 0.05) is 29.9 Å². The molecule has 25 heavy (non-hydrogen) atoms. The van der Waals surface area contributed by atoms with Gasteiger partial charge < -0.3 is 15.1 Å². The van der Waals surface area contributed by atoms with Crippen LogP contribution in [0, 0.1) is 0 Å². The van der Waals surface area contributed by atoms with E-state index in [4.69, 9.17) is 0 Å². The van der Waals surface area contributed by atoms with Gasteiger partial charge in [-0.15, -0.1) is 0 Å². The molecule has 0 aliphatic rings. The minimum absolute atomic E-state index is 0.00201. The largest absolute Gasteiger partial charge is 0.478 e. The zero-order valence-corrected chi connectivity index (χ0v) is 14.5. The Bertz CT molecular complexity index is 740. The van der Waals surface area contributed by atoms with Gasteiger partial charge in [-0.2, -0.15) is 0 Å². The Labute approximate surface area is 147 Å². The summed E-state index contributed by atoms with van der Waals surface area (Å²) in [6, 6.07) is 13.2. The molecule has 132 valence electrons. The number of nitrogens with zero attached hydrogens (tertiary/aromatic N) is 1. The number of aliphatic hydroxyl groups is 1. The van der Waals surface area contributed by atoms with Gasteiger partial charge in [-0.05, 0) is 43.7 Å². The lowest BCUT2D eigenvalue weighted by molar-refractivity contribution is 0.0692. The van der Waals surface area contributed by atoms with Gasteiger partial charge in [0.2, 0.25) is 0 Å². The molecule has 0 radical (unpaired) electrons. The molecule has 0 bridgehead atoms. The third-order valence-corrected chi connectivity index (χ3v) is 4.18. The van der Waals surface area contributed by atoms with Gasteiger partial charge in [0.05, 0.1) is 11.7 Å². The summed E-state index contributed by atoms with van der Waals surface area (Å²) in [6.45, 7) is 5.21. The number of hydrogen-bond donors (Lipinski definition) is 2. The first kappa shape index (κ1) is 18.7. The molecule has 0 aliphatic carbocycles. The average Bonchev–Trinajstić information content (AvgIpc) is 2.65. The minimum Gasteiger partial charge on any atom is -0.478 e. The van der Waals surface area contributed by atoms with Crippen molar-refractivity contribution >= 4 is 17.4 Å². The standard InChI is InChI=1S/C20H23NO4/c1-3-16(22)13-21(4-2)15-11-9-14(10-12-15)19(23)17-7-5-6-8-18(17)20(24)25/h5-12,16,22H,3-4,13H2,1-2H3,(H,24,25). The molecule has 0 saturated heterocycles. The van der Waals surface area contributed by atoms with Gasteiger partial charge in [0.1, 0.15) is 0 Å². The van der Waals surface area contributed by atoms with E-state index in [1.165, 1.54) is 12.1 Å². The maximum atomic E-state index is 12.6. The lowest BCUT2D eigenvalue weighted by atomic mass is 9.98. The van der Waals surface area contributed by atoms with Crippen LogP contribution in [-0.2, 0) is 0 Å². The molecule has 5 heteroatoms. The first-order chi connectivity index (χ1) is 12.0. The normalized spacial score (nSPS) is 11.8. The van der Waals surface area contributed by atoms with Crippen molar-refractivity contribution in [3.05, 3.63) is 65.2 Å². The fourth-order valence-electron chi connectivity index (χ4n) is 2.65. The van der Waals surface area contributed by atoms with Crippen LogP contribution < -0.4 is 4.90 Å². The van der Waals surface area contributed by atoms with Gasteiger partial charge in [-0.25, -0.2) is 4.79 Å². The monoisotopic (exact) mass is 341 g/mol. The Morgan fingerprint density at radius 2 is 1.60 bits per heavy atom. The van der Waals surface area contributed by atoms with Crippen LogP contribution >= 0.6 is 0 Å². The molecule has 2 aromatic rings. The van der Waals surface area contributed by atoms with E-state index in [-0.39, 0.29) is 16.9 Å². The molecule has 5 nitrogen and oxygen atoms in total. The van der Waals surface area contributed by atoms with Crippen molar-refractivity contribution in [2.24, 2.45) is 0 Å². The average molecular weight is 341 g/mol. The Morgan fingerprint density at radius 3 is 2.12 bits per heavy atom. The molecule has 0 amide bonds. The van der Waals surface area contributed by atoms with Crippen LogP contribution in [0.3, 0.4) is 0 Å². The highest BCUT2D eigenvalue weighted by Crippen LogP contribution is 2.20. The van der Waals surface area contributed by atoms with E-state index in [0.717, 1.165) is 12.2 Å². The molecular weight excluding hydrogens is 318 g/mol. The molecule has 2 aromatic carbocycles. The van der Waals surface area contributed by atoms with Crippen molar-refractivity contribution in [2.45, 2.75) is 26.4 Å². The molecule has 1 atom stereocenters. The minimum atomic E-state index is -1.12. The second-order valence-electron chi connectivity index (χ2n) is 5.83. The summed E-state index contributed by atoms with van der Waals surface area (Å²) in [5, 5.41) is 19.1. The van der Waals surface area contributed by atoms with Crippen LogP contribution in [0.2, 0.25) is 0 Å². The number of hydrogen-bond acceptors (Lipinski definition) is 4. The Balaban J connectivity index is 2.25. The molecule has 0 saturated carbocycles. The van der Waals surface area contributed by atoms with E-state index in [0.29, 0.717) is 18.5 Å². The zero-order valence-electron chi connectivity index (χ0n) is 14.5. The summed E-state index contributed by atoms with van der Waals surface area (Å²) in [6.07, 6.45) is 0.280. The number of carboxylic acids is 1. The van der Waals surface area contributed by atoms with Crippen molar-refractivity contribution in [3.63, 3.8) is 0 Å². The summed E-state index contributed by atoms with van der Waals surface area (Å²) in [7, 11) is 0. The molecule has 0 heterocycles. The molecule has 1 unspecified atom stereocenters. The van der Waals surface area contributed by atoms with Crippen LogP contribution in [0.15, 0.2) is 48.5 Å². The van der Waals surface area contributed by atoms with E-state index in [2.05, 4.69) is 0 Å². The molecule has 2 N–H and O–H groups in total. The predicted octanol–water partition coefficient (Wildman–Crippen LogP) is 3.21. The van der Waals surface area contributed by atoms with E-state index < -0.39 is 12.1 Å². The fraction of sp³-hybridized carbons (Fsp3) is 0.300. The summed E-state index contributed by atoms with van der Waals surface area (Å²) in [5.74, 6) is -1.44. The van der Waals surface area contributed by atoms with Crippen molar-refractivity contribution in [1.29, 1.82) is 0 Å². The second-order valence-corrected chi connectivity index (χ2v) is 5.83. The Kier molecular flexibility index (Phi) is 6.31. The van der Waals surface area contributed by atoms with Crippen LogP contribution in [0.1, 0.15) is 46.5 Å². The smallest absolute Gasteiger partial charge is 0.336 e. The Morgan fingerprint density at radius 1 is 1.00 bits per heavy atom. The number of benzene rings is 2. The number of carboxylic acid groups (broad SMARTS) is 1. The van der Waals surface area contributed by atoms with Crippen molar-refractivity contribution in [1.82, 2.24) is 0 Å². The first-order valence-electron chi connectivity index (χ1n) is 8.38. The second kappa shape index (κ2) is 8.44. The van der Waals surface area contributed by atoms with Gasteiger partial charge in [-0.3, -0.25) is 4.79 Å². The number of likely N-dealkylation sites (N-methyl/N-ethyl adjacent to an activating group) is 1. The van der Waals surface area contributed by atoms with E-state index in [1.54, 1.807) is 24.3 Å². The molecule has 0 aromatic heterocycles. The van der Waals surface area contributed by atoms with Crippen LogP contribution in [0.5, 0.6) is 0 Å². The van der Waals surface area contributed by atoms with Gasteiger partial charge in [0.15, 0.2) is 5.78 Å². The SMILES string of the molecule is CCC(O)CN(CC)c1ccc(C(=O)c2ccccc2C(=O)O)cc1. The lowest BCUT2D eigenvalue weighted by Gasteiger charge is -2.25. The summed E-state index contributed by atoms with van der Waals surface area (Å²) < 4.78 is 0. The number of rotatable bonds is 8. The third kappa shape index (κ3) is 4.45. The van der Waals surface area contributed by atoms with Crippen LogP contribution in [-0.4, -0.2) is 41.2 Å². The summed E-state index contributed by atoms with van der Waals surface area (Å²) in [5.41, 5.74) is 1.52. The maximum Gasteiger partial charge on any atom is 0.336 e. The number of anilines is 1. The third-order valence-electron chi connectivity index (χ3n) is 4.18. The number of aromatic carboxylic acids is 1. The van der Waals surface area contributed by atoms with Crippen molar-refractivity contribution in [3.8, 4) is 0 Å². The van der Waals surface area contributed by atoms with E-state index in [9.17, 15) is 19.8 Å². The first-order valence-corrected chi connectivity index (χ1v) is 8.38. The molecule has 2 rings (SSSR count). The quantitative estimate of drug-likeness (QED) is 0.721. The fourth-order valence-corrected chi connectivity index (χ4v) is 2.65. The summed E-state index contributed by atoms with van der Waals surface area (Å²) in [4.78, 5) is 26.0. The number of carbonyl (C=O) groups excluding carboxylic acids is 1. The molecule has 0 aliphatic heterocycles. The van der Waals surface area contributed by atoms with Gasteiger partial charge >= 0.3 is 5.97 Å². The van der Waals surface area contributed by atoms with Gasteiger partial charge in [0.25, 0.3) is 0 Å². The van der Waals surface area contributed by atoms with E-state index >= 15 is 0 Å². The van der Waals surface area contributed by atoms with Gasteiger partial charge in [-0.1, -0.05) is 25.1 Å². The molecular formula is C20H23NO4. The molecule has 0 spiro atoms. The molecule has 0 fully saturated rings. The highest BCUT2D eigenvalue weighted by Gasteiger charge is 2.18. The Hall–Kier alpha value is -2.66. The maximum absolute atomic E-state index is 12.6. The lowest BCUT2D eigenvalue weighted by Crippen LogP contribution is -2.31. The number of aliphatic hydroxyl groups excluding tert-OH is 1. The highest BCUT2D eigenvalue weighted by molar-refractivity contribution is 6.14. The highest BCUT2D eigenvalue weighted by atomic mass is 16.4. The topological polar surface area (TPSA) is 77.8 Å². The van der Waals surface area contributed by atoms with Crippen molar-refractivity contribution < 1.29 is 19.8 Å². The van der Waals surface area contributed by atoms with Crippen molar-refractivity contribution in [2.75, 3.05) is 18.0 Å². The predicted molar refractivity (Wildman–Crippen MR) is 97.5 cm³/mol. The van der Waals surface area contributed by atoms with Crippen LogP contribution in [0.25, 0.3) is 0 Å². The van der Waals surface area contributed by atoms with E-state index in [1.807, 2.05) is 30.9 Å².